The van der Waals surface area contributed by atoms with E-state index < -0.39 is 5.54 Å². The first-order valence-electron chi connectivity index (χ1n) is 8.36. The summed E-state index contributed by atoms with van der Waals surface area (Å²) >= 11 is 1.43. The highest BCUT2D eigenvalue weighted by Crippen LogP contribution is 2.29. The quantitative estimate of drug-likeness (QED) is 0.703. The molecule has 23 heavy (non-hydrogen) atoms. The Balaban J connectivity index is 2.09. The van der Waals surface area contributed by atoms with Crippen LogP contribution in [0.2, 0.25) is 0 Å². The van der Waals surface area contributed by atoms with Crippen molar-refractivity contribution in [2.75, 3.05) is 13.1 Å². The SMILES string of the molecule is CCCNC(=O)C1(NC(=O)c2csc(CCN)n2)CCCCC1. The van der Waals surface area contributed by atoms with Gasteiger partial charge in [0, 0.05) is 18.3 Å². The van der Waals surface area contributed by atoms with E-state index in [0.717, 1.165) is 30.7 Å². The van der Waals surface area contributed by atoms with Gasteiger partial charge in [-0.05, 0) is 25.8 Å². The van der Waals surface area contributed by atoms with Gasteiger partial charge in [0.2, 0.25) is 5.91 Å². The highest BCUT2D eigenvalue weighted by atomic mass is 32.1. The van der Waals surface area contributed by atoms with Gasteiger partial charge in [0.15, 0.2) is 0 Å². The Kier molecular flexibility index (Phi) is 6.53. The number of thiazole rings is 1. The average molecular weight is 338 g/mol. The Morgan fingerprint density at radius 2 is 2.09 bits per heavy atom. The molecule has 0 aliphatic heterocycles. The van der Waals surface area contributed by atoms with Gasteiger partial charge in [-0.15, -0.1) is 11.3 Å². The first-order valence-corrected chi connectivity index (χ1v) is 9.24. The summed E-state index contributed by atoms with van der Waals surface area (Å²) in [5, 5.41) is 8.50. The van der Waals surface area contributed by atoms with Gasteiger partial charge < -0.3 is 16.4 Å². The molecule has 4 N–H and O–H groups in total. The topological polar surface area (TPSA) is 97.1 Å². The molecule has 1 fully saturated rings. The third-order valence-electron chi connectivity index (χ3n) is 4.17. The van der Waals surface area contributed by atoms with Crippen molar-refractivity contribution >= 4 is 23.2 Å². The molecule has 0 bridgehead atoms. The molecule has 6 nitrogen and oxygen atoms in total. The number of nitrogens with zero attached hydrogens (tertiary/aromatic N) is 1. The lowest BCUT2D eigenvalue weighted by Crippen LogP contribution is -2.59. The maximum Gasteiger partial charge on any atom is 0.271 e. The van der Waals surface area contributed by atoms with Gasteiger partial charge in [0.1, 0.15) is 11.2 Å². The maximum absolute atomic E-state index is 12.6. The Labute approximate surface area is 141 Å². The molecule has 128 valence electrons. The molecule has 7 heteroatoms. The van der Waals surface area contributed by atoms with Gasteiger partial charge in [-0.1, -0.05) is 26.2 Å². The van der Waals surface area contributed by atoms with E-state index >= 15 is 0 Å². The number of nitrogens with two attached hydrogens (primary N) is 1. The van der Waals surface area contributed by atoms with Crippen molar-refractivity contribution in [3.05, 3.63) is 16.1 Å². The Bertz CT molecular complexity index is 538. The summed E-state index contributed by atoms with van der Waals surface area (Å²) in [6.45, 7) is 3.16. The van der Waals surface area contributed by atoms with Gasteiger partial charge in [-0.2, -0.15) is 0 Å². The minimum atomic E-state index is -0.790. The third-order valence-corrected chi connectivity index (χ3v) is 5.08. The number of aromatic nitrogens is 1. The molecule has 0 spiro atoms. The predicted octanol–water partition coefficient (Wildman–Crippen LogP) is 1.60. The molecule has 2 rings (SSSR count). The van der Waals surface area contributed by atoms with Gasteiger partial charge in [0.05, 0.1) is 5.01 Å². The van der Waals surface area contributed by atoms with Crippen LogP contribution >= 0.6 is 11.3 Å². The molecule has 0 radical (unpaired) electrons. The predicted molar refractivity (Wildman–Crippen MR) is 91.5 cm³/mol. The van der Waals surface area contributed by atoms with Crippen molar-refractivity contribution in [2.24, 2.45) is 5.73 Å². The summed E-state index contributed by atoms with van der Waals surface area (Å²) in [6.07, 6.45) is 5.94. The zero-order valence-electron chi connectivity index (χ0n) is 13.7. The molecular weight excluding hydrogens is 312 g/mol. The second-order valence-corrected chi connectivity index (χ2v) is 6.96. The van der Waals surface area contributed by atoms with Crippen molar-refractivity contribution in [2.45, 2.75) is 57.4 Å². The van der Waals surface area contributed by atoms with Crippen LogP contribution in [-0.4, -0.2) is 35.4 Å². The van der Waals surface area contributed by atoms with Crippen LogP contribution in [0.3, 0.4) is 0 Å². The van der Waals surface area contributed by atoms with E-state index in [4.69, 9.17) is 5.73 Å². The van der Waals surface area contributed by atoms with Crippen molar-refractivity contribution in [1.82, 2.24) is 15.6 Å². The molecule has 0 unspecified atom stereocenters. The summed E-state index contributed by atoms with van der Waals surface area (Å²) in [7, 11) is 0. The molecule has 1 saturated carbocycles. The van der Waals surface area contributed by atoms with Crippen LogP contribution in [0.4, 0.5) is 0 Å². The van der Waals surface area contributed by atoms with E-state index in [1.54, 1.807) is 5.38 Å². The summed E-state index contributed by atoms with van der Waals surface area (Å²) in [6, 6.07) is 0. The first kappa shape index (κ1) is 17.9. The van der Waals surface area contributed by atoms with E-state index in [1.165, 1.54) is 11.3 Å². The first-order chi connectivity index (χ1) is 11.1. The molecule has 1 aromatic rings. The van der Waals surface area contributed by atoms with E-state index in [-0.39, 0.29) is 11.8 Å². The smallest absolute Gasteiger partial charge is 0.271 e. The highest BCUT2D eigenvalue weighted by molar-refractivity contribution is 7.09. The van der Waals surface area contributed by atoms with Crippen LogP contribution in [0.25, 0.3) is 0 Å². The summed E-state index contributed by atoms with van der Waals surface area (Å²) in [5.74, 6) is -0.331. The van der Waals surface area contributed by atoms with E-state index in [1.807, 2.05) is 6.92 Å². The fourth-order valence-electron chi connectivity index (χ4n) is 2.91. The molecule has 0 atom stereocenters. The molecule has 1 heterocycles. The standard InChI is InChI=1S/C16H26N4O2S/c1-2-10-18-15(22)16(7-4-3-5-8-16)20-14(21)12-11-23-13(19-12)6-9-17/h11H,2-10,17H2,1H3,(H,18,22)(H,20,21). The largest absolute Gasteiger partial charge is 0.354 e. The van der Waals surface area contributed by atoms with Crippen LogP contribution in [-0.2, 0) is 11.2 Å². The minimum absolute atomic E-state index is 0.0650. The fourth-order valence-corrected chi connectivity index (χ4v) is 3.70. The summed E-state index contributed by atoms with van der Waals surface area (Å²) < 4.78 is 0. The Morgan fingerprint density at radius 3 is 2.74 bits per heavy atom. The van der Waals surface area contributed by atoms with E-state index in [2.05, 4.69) is 15.6 Å². The number of carbonyl (C=O) groups excluding carboxylic acids is 2. The molecule has 2 amide bonds. The fraction of sp³-hybridized carbons (Fsp3) is 0.688. The number of hydrogen-bond acceptors (Lipinski definition) is 5. The van der Waals surface area contributed by atoms with Crippen molar-refractivity contribution in [3.8, 4) is 0 Å². The van der Waals surface area contributed by atoms with Gasteiger partial charge >= 0.3 is 0 Å². The third kappa shape index (κ3) is 4.51. The summed E-state index contributed by atoms with van der Waals surface area (Å²) in [5.41, 5.74) is 5.11. The number of amides is 2. The zero-order chi connectivity index (χ0) is 16.7. The number of rotatable bonds is 7. The Hall–Kier alpha value is -1.47. The molecular formula is C16H26N4O2S. The monoisotopic (exact) mass is 338 g/mol. The molecule has 0 aromatic carbocycles. The number of nitrogens with one attached hydrogen (secondary N) is 2. The number of hydrogen-bond donors (Lipinski definition) is 3. The highest BCUT2D eigenvalue weighted by Gasteiger charge is 2.41. The van der Waals surface area contributed by atoms with E-state index in [9.17, 15) is 9.59 Å². The van der Waals surface area contributed by atoms with Crippen LogP contribution in [0.1, 0.15) is 60.9 Å². The summed E-state index contributed by atoms with van der Waals surface area (Å²) in [4.78, 5) is 29.4. The lowest BCUT2D eigenvalue weighted by Gasteiger charge is -2.36. The van der Waals surface area contributed by atoms with Crippen LogP contribution < -0.4 is 16.4 Å². The van der Waals surface area contributed by atoms with Crippen molar-refractivity contribution in [3.63, 3.8) is 0 Å². The molecule has 0 saturated heterocycles. The normalized spacial score (nSPS) is 16.8. The number of carbonyl (C=O) groups is 2. The minimum Gasteiger partial charge on any atom is -0.354 e. The van der Waals surface area contributed by atoms with Crippen LogP contribution in [0.15, 0.2) is 5.38 Å². The van der Waals surface area contributed by atoms with E-state index in [0.29, 0.717) is 38.0 Å². The zero-order valence-corrected chi connectivity index (χ0v) is 14.5. The van der Waals surface area contributed by atoms with Gasteiger partial charge in [-0.25, -0.2) is 4.98 Å². The van der Waals surface area contributed by atoms with Crippen molar-refractivity contribution < 1.29 is 9.59 Å². The lowest BCUT2D eigenvalue weighted by molar-refractivity contribution is -0.128. The molecule has 1 aliphatic carbocycles. The second-order valence-electron chi connectivity index (χ2n) is 6.02. The molecule has 1 aliphatic rings. The van der Waals surface area contributed by atoms with Crippen LogP contribution in [0, 0.1) is 0 Å². The lowest BCUT2D eigenvalue weighted by atomic mass is 9.80. The average Bonchev–Trinajstić information content (AvgIpc) is 3.02. The second kappa shape index (κ2) is 8.40. The van der Waals surface area contributed by atoms with Gasteiger partial charge in [0.25, 0.3) is 5.91 Å². The van der Waals surface area contributed by atoms with Crippen molar-refractivity contribution in [1.29, 1.82) is 0 Å². The van der Waals surface area contributed by atoms with Gasteiger partial charge in [-0.3, -0.25) is 9.59 Å². The Morgan fingerprint density at radius 1 is 1.35 bits per heavy atom. The maximum atomic E-state index is 12.6. The molecule has 1 aromatic heterocycles. The van der Waals surface area contributed by atoms with Crippen LogP contribution in [0.5, 0.6) is 0 Å².